The highest BCUT2D eigenvalue weighted by Crippen LogP contribution is 2.38. The Morgan fingerprint density at radius 3 is 2.83 bits per heavy atom. The molecule has 5 rings (SSSR count). The van der Waals surface area contributed by atoms with Gasteiger partial charge in [0.05, 0.1) is 0 Å². The number of aromatic nitrogens is 3. The van der Waals surface area contributed by atoms with E-state index in [-0.39, 0.29) is 12.8 Å². The van der Waals surface area contributed by atoms with Crippen LogP contribution in [0.15, 0.2) is 60.9 Å². The second kappa shape index (κ2) is 5.13. The fraction of sp³-hybridized carbons (Fsp3) is 0.111. The van der Waals surface area contributed by atoms with Crippen LogP contribution in [-0.2, 0) is 0 Å². The van der Waals surface area contributed by atoms with Crippen molar-refractivity contribution >= 4 is 11.6 Å². The molecule has 0 fully saturated rings. The van der Waals surface area contributed by atoms with Crippen molar-refractivity contribution in [3.05, 3.63) is 72.1 Å². The lowest BCUT2D eigenvalue weighted by Crippen LogP contribution is -2.20. The first kappa shape index (κ1) is 13.2. The summed E-state index contributed by atoms with van der Waals surface area (Å²) in [7, 11) is 0. The third-order valence-electron chi connectivity index (χ3n) is 4.23. The molecule has 0 saturated carbocycles. The molecule has 2 aliphatic heterocycles. The maximum Gasteiger partial charge on any atom is 0.231 e. The number of nitrogens with zero attached hydrogens (tertiary/aromatic N) is 3. The molecule has 2 aliphatic rings. The summed E-state index contributed by atoms with van der Waals surface area (Å²) in [6.07, 6.45) is 3.71. The van der Waals surface area contributed by atoms with E-state index in [9.17, 15) is 0 Å². The highest BCUT2D eigenvalue weighted by Gasteiger charge is 2.25. The Hall–Kier alpha value is -3.28. The average molecular weight is 318 g/mol. The minimum absolute atomic E-state index is 0.0616. The Balaban J connectivity index is 1.62. The van der Waals surface area contributed by atoms with Crippen molar-refractivity contribution in [2.75, 3.05) is 12.1 Å². The van der Waals surface area contributed by atoms with E-state index in [4.69, 9.17) is 9.47 Å². The van der Waals surface area contributed by atoms with Gasteiger partial charge in [-0.15, -0.1) is 0 Å². The van der Waals surface area contributed by atoms with E-state index in [2.05, 4.69) is 33.6 Å². The summed E-state index contributed by atoms with van der Waals surface area (Å²) in [5, 5.41) is 7.70. The maximum atomic E-state index is 5.51. The summed E-state index contributed by atoms with van der Waals surface area (Å²) in [4.78, 5) is 4.32. The van der Waals surface area contributed by atoms with E-state index in [1.165, 1.54) is 0 Å². The third-order valence-corrected chi connectivity index (χ3v) is 4.23. The van der Waals surface area contributed by atoms with Gasteiger partial charge in [0.2, 0.25) is 12.7 Å². The number of rotatable bonds is 2. The molecule has 2 aromatic carbocycles. The molecular formula is C18H14N4O2. The molecule has 0 radical (unpaired) electrons. The van der Waals surface area contributed by atoms with Crippen molar-refractivity contribution in [1.82, 2.24) is 14.8 Å². The molecule has 3 aromatic rings. The van der Waals surface area contributed by atoms with Gasteiger partial charge in [0.25, 0.3) is 0 Å². The van der Waals surface area contributed by atoms with Crippen LogP contribution in [0.4, 0.5) is 5.95 Å². The molecule has 0 spiro atoms. The Morgan fingerprint density at radius 1 is 1.04 bits per heavy atom. The topological polar surface area (TPSA) is 61.2 Å². The first-order valence-corrected chi connectivity index (χ1v) is 7.72. The molecule has 6 nitrogen and oxygen atoms in total. The predicted octanol–water partition coefficient (Wildman–Crippen LogP) is 3.06. The number of nitrogens with one attached hydrogen (secondary N) is 1. The Bertz CT molecular complexity index is 933. The van der Waals surface area contributed by atoms with E-state index >= 15 is 0 Å². The first-order chi connectivity index (χ1) is 11.9. The Labute approximate surface area is 138 Å². The molecule has 1 aromatic heterocycles. The summed E-state index contributed by atoms with van der Waals surface area (Å²) in [5.41, 5.74) is 3.19. The van der Waals surface area contributed by atoms with Crippen LogP contribution in [0.2, 0.25) is 0 Å². The zero-order valence-corrected chi connectivity index (χ0v) is 12.7. The molecule has 0 saturated heterocycles. The predicted molar refractivity (Wildman–Crippen MR) is 88.8 cm³/mol. The van der Waals surface area contributed by atoms with E-state index in [0.29, 0.717) is 0 Å². The molecule has 3 heterocycles. The van der Waals surface area contributed by atoms with Crippen molar-refractivity contribution in [1.29, 1.82) is 0 Å². The zero-order valence-electron chi connectivity index (χ0n) is 12.7. The highest BCUT2D eigenvalue weighted by molar-refractivity contribution is 5.77. The summed E-state index contributed by atoms with van der Waals surface area (Å²) < 4.78 is 12.8. The second-order valence-electron chi connectivity index (χ2n) is 5.66. The van der Waals surface area contributed by atoms with Gasteiger partial charge in [0.15, 0.2) is 11.5 Å². The number of benzene rings is 2. The Kier molecular flexibility index (Phi) is 2.82. The maximum absolute atomic E-state index is 5.51. The standard InChI is InChI=1S/C18H14N4O2/c1-2-4-12(5-3-1)14-9-15(22-18(21-14)19-10-20-22)13-6-7-16-17(8-13)24-11-23-16/h1-10,15H,11H2,(H,19,20,21)/t15-/m0/s1. The van der Waals surface area contributed by atoms with Crippen LogP contribution in [0.5, 0.6) is 11.5 Å². The van der Waals surface area contributed by atoms with Gasteiger partial charge in [-0.1, -0.05) is 36.4 Å². The van der Waals surface area contributed by atoms with Gasteiger partial charge in [-0.2, -0.15) is 10.1 Å². The molecule has 118 valence electrons. The molecule has 1 N–H and O–H groups in total. The van der Waals surface area contributed by atoms with Crippen LogP contribution in [0.1, 0.15) is 17.2 Å². The first-order valence-electron chi connectivity index (χ1n) is 7.72. The molecule has 0 amide bonds. The lowest BCUT2D eigenvalue weighted by Gasteiger charge is -2.24. The quantitative estimate of drug-likeness (QED) is 0.787. The Morgan fingerprint density at radius 2 is 1.92 bits per heavy atom. The van der Waals surface area contributed by atoms with Crippen LogP contribution in [-0.4, -0.2) is 21.6 Å². The van der Waals surface area contributed by atoms with E-state index in [1.54, 1.807) is 6.33 Å². The van der Waals surface area contributed by atoms with Crippen molar-refractivity contribution in [2.24, 2.45) is 0 Å². The fourth-order valence-corrected chi connectivity index (χ4v) is 3.05. The van der Waals surface area contributed by atoms with Crippen LogP contribution >= 0.6 is 0 Å². The molecule has 0 aliphatic carbocycles. The fourth-order valence-electron chi connectivity index (χ4n) is 3.05. The number of ether oxygens (including phenoxy) is 2. The van der Waals surface area contributed by atoms with Crippen LogP contribution in [0, 0.1) is 0 Å². The van der Waals surface area contributed by atoms with E-state index in [0.717, 1.165) is 34.3 Å². The summed E-state index contributed by atoms with van der Waals surface area (Å²) >= 11 is 0. The number of fused-ring (bicyclic) bond motifs is 2. The summed E-state index contributed by atoms with van der Waals surface area (Å²) in [6, 6.07) is 16.1. The summed E-state index contributed by atoms with van der Waals surface area (Å²) in [5.74, 6) is 2.26. The zero-order chi connectivity index (χ0) is 15.9. The normalized spacial score (nSPS) is 17.8. The van der Waals surface area contributed by atoms with Gasteiger partial charge in [0, 0.05) is 5.70 Å². The third kappa shape index (κ3) is 2.04. The number of allylic oxidation sites excluding steroid dienone is 1. The molecule has 24 heavy (non-hydrogen) atoms. The number of hydrogen-bond donors (Lipinski definition) is 1. The molecule has 0 bridgehead atoms. The molecule has 0 unspecified atom stereocenters. The summed E-state index contributed by atoms with van der Waals surface area (Å²) in [6.45, 7) is 0.269. The van der Waals surface area contributed by atoms with Crippen molar-refractivity contribution in [3.63, 3.8) is 0 Å². The minimum atomic E-state index is -0.0616. The lowest BCUT2D eigenvalue weighted by molar-refractivity contribution is 0.174. The van der Waals surface area contributed by atoms with E-state index in [1.807, 2.05) is 41.1 Å². The lowest BCUT2D eigenvalue weighted by atomic mass is 10.0. The van der Waals surface area contributed by atoms with E-state index < -0.39 is 0 Å². The number of hydrogen-bond acceptors (Lipinski definition) is 5. The highest BCUT2D eigenvalue weighted by atomic mass is 16.7. The largest absolute Gasteiger partial charge is 0.454 e. The molecule has 1 atom stereocenters. The SMILES string of the molecule is C1=C(c2ccccc2)Nc2ncnn2[C@@H]1c1ccc2c(c1)OCO2. The van der Waals surface area contributed by atoms with Gasteiger partial charge in [-0.3, -0.25) is 0 Å². The van der Waals surface area contributed by atoms with Crippen LogP contribution < -0.4 is 14.8 Å². The van der Waals surface area contributed by atoms with Gasteiger partial charge in [-0.25, -0.2) is 4.68 Å². The minimum Gasteiger partial charge on any atom is -0.454 e. The van der Waals surface area contributed by atoms with Gasteiger partial charge >= 0.3 is 0 Å². The van der Waals surface area contributed by atoms with Crippen LogP contribution in [0.3, 0.4) is 0 Å². The van der Waals surface area contributed by atoms with Gasteiger partial charge in [0.1, 0.15) is 12.4 Å². The van der Waals surface area contributed by atoms with Gasteiger partial charge in [-0.05, 0) is 29.3 Å². The number of anilines is 1. The second-order valence-corrected chi connectivity index (χ2v) is 5.66. The van der Waals surface area contributed by atoms with Crippen LogP contribution in [0.25, 0.3) is 5.70 Å². The smallest absolute Gasteiger partial charge is 0.231 e. The molecule has 6 heteroatoms. The average Bonchev–Trinajstić information content (AvgIpc) is 3.29. The van der Waals surface area contributed by atoms with Crippen molar-refractivity contribution in [2.45, 2.75) is 6.04 Å². The van der Waals surface area contributed by atoms with Crippen molar-refractivity contribution < 1.29 is 9.47 Å². The molecular weight excluding hydrogens is 304 g/mol. The van der Waals surface area contributed by atoms with Crippen molar-refractivity contribution in [3.8, 4) is 11.5 Å². The van der Waals surface area contributed by atoms with Gasteiger partial charge < -0.3 is 14.8 Å². The monoisotopic (exact) mass is 318 g/mol.